The second-order valence-electron chi connectivity index (χ2n) is 5.42. The highest BCUT2D eigenvalue weighted by Crippen LogP contribution is 2.10. The summed E-state index contributed by atoms with van der Waals surface area (Å²) in [5, 5.41) is 8.83. The van der Waals surface area contributed by atoms with Crippen molar-refractivity contribution in [2.24, 2.45) is 0 Å². The SMILES string of the molecule is O=C(Cn1ncc2ccccc2c1=O)NCCc1cccc(Cl)c1. The summed E-state index contributed by atoms with van der Waals surface area (Å²) in [6.07, 6.45) is 2.27. The molecule has 1 amide bonds. The first-order valence-electron chi connectivity index (χ1n) is 7.59. The Labute approximate surface area is 143 Å². The number of fused-ring (bicyclic) bond motifs is 1. The Morgan fingerprint density at radius 2 is 2.00 bits per heavy atom. The first-order chi connectivity index (χ1) is 11.6. The van der Waals surface area contributed by atoms with Gasteiger partial charge in [0, 0.05) is 17.0 Å². The number of benzene rings is 2. The molecule has 5 nitrogen and oxygen atoms in total. The molecule has 0 unspecified atom stereocenters. The van der Waals surface area contributed by atoms with Crippen molar-refractivity contribution in [3.8, 4) is 0 Å². The van der Waals surface area contributed by atoms with Crippen LogP contribution < -0.4 is 10.9 Å². The van der Waals surface area contributed by atoms with Crippen LogP contribution in [0.2, 0.25) is 5.02 Å². The molecule has 3 aromatic rings. The predicted octanol–water partition coefficient (Wildman–Crippen LogP) is 2.41. The standard InChI is InChI=1S/C18H16ClN3O2/c19-15-6-3-4-13(10-15)8-9-20-17(23)12-22-18(24)16-7-2-1-5-14(16)11-21-22/h1-7,10-11H,8-9,12H2,(H,20,23). The molecule has 0 spiro atoms. The molecule has 2 aromatic carbocycles. The number of hydrogen-bond acceptors (Lipinski definition) is 3. The summed E-state index contributed by atoms with van der Waals surface area (Å²) in [5.74, 6) is -0.248. The molecule has 1 heterocycles. The molecule has 0 radical (unpaired) electrons. The summed E-state index contributed by atoms with van der Waals surface area (Å²) in [6, 6.07) is 14.7. The number of halogens is 1. The lowest BCUT2D eigenvalue weighted by molar-refractivity contribution is -0.121. The Bertz CT molecular complexity index is 937. The molecule has 0 aliphatic heterocycles. The van der Waals surface area contributed by atoms with Gasteiger partial charge in [-0.2, -0.15) is 5.10 Å². The number of nitrogens with one attached hydrogen (secondary N) is 1. The predicted molar refractivity (Wildman–Crippen MR) is 94.2 cm³/mol. The topological polar surface area (TPSA) is 64.0 Å². The highest BCUT2D eigenvalue weighted by Gasteiger charge is 2.08. The van der Waals surface area contributed by atoms with E-state index in [2.05, 4.69) is 10.4 Å². The fourth-order valence-corrected chi connectivity index (χ4v) is 2.68. The van der Waals surface area contributed by atoms with E-state index in [1.54, 1.807) is 24.4 Å². The first kappa shape index (κ1) is 16.2. The van der Waals surface area contributed by atoms with Crippen LogP contribution in [0.1, 0.15) is 5.56 Å². The third-order valence-corrected chi connectivity index (χ3v) is 3.92. The van der Waals surface area contributed by atoms with Crippen LogP contribution in [0.25, 0.3) is 10.8 Å². The molecule has 0 aliphatic rings. The summed E-state index contributed by atoms with van der Waals surface area (Å²) >= 11 is 5.93. The number of nitrogens with zero attached hydrogens (tertiary/aromatic N) is 2. The summed E-state index contributed by atoms with van der Waals surface area (Å²) < 4.78 is 1.18. The average Bonchev–Trinajstić information content (AvgIpc) is 2.58. The van der Waals surface area contributed by atoms with E-state index in [1.807, 2.05) is 30.3 Å². The van der Waals surface area contributed by atoms with Gasteiger partial charge in [-0.05, 0) is 30.2 Å². The van der Waals surface area contributed by atoms with Gasteiger partial charge >= 0.3 is 0 Å². The van der Waals surface area contributed by atoms with E-state index in [0.29, 0.717) is 23.4 Å². The Kier molecular flexibility index (Phi) is 4.91. The molecule has 122 valence electrons. The van der Waals surface area contributed by atoms with E-state index in [9.17, 15) is 9.59 Å². The molecule has 0 saturated heterocycles. The minimum atomic E-state index is -0.266. The van der Waals surface area contributed by atoms with Gasteiger partial charge in [-0.3, -0.25) is 9.59 Å². The second kappa shape index (κ2) is 7.27. The van der Waals surface area contributed by atoms with Crippen molar-refractivity contribution in [3.05, 3.63) is 75.7 Å². The van der Waals surface area contributed by atoms with Crippen LogP contribution in [-0.2, 0) is 17.8 Å². The minimum Gasteiger partial charge on any atom is -0.354 e. The van der Waals surface area contributed by atoms with Crippen LogP contribution in [0, 0.1) is 0 Å². The normalized spacial score (nSPS) is 10.7. The molecule has 6 heteroatoms. The van der Waals surface area contributed by atoms with Crippen molar-refractivity contribution in [3.63, 3.8) is 0 Å². The maximum absolute atomic E-state index is 12.3. The van der Waals surface area contributed by atoms with Gasteiger partial charge in [0.1, 0.15) is 6.54 Å². The third kappa shape index (κ3) is 3.81. The minimum absolute atomic E-state index is 0.0980. The van der Waals surface area contributed by atoms with Crippen LogP contribution >= 0.6 is 11.6 Å². The largest absolute Gasteiger partial charge is 0.354 e. The Balaban J connectivity index is 1.61. The van der Waals surface area contributed by atoms with Crippen molar-refractivity contribution in [1.29, 1.82) is 0 Å². The van der Waals surface area contributed by atoms with E-state index in [4.69, 9.17) is 11.6 Å². The fourth-order valence-electron chi connectivity index (χ4n) is 2.47. The Morgan fingerprint density at radius 1 is 1.17 bits per heavy atom. The molecule has 0 fully saturated rings. The maximum atomic E-state index is 12.3. The van der Waals surface area contributed by atoms with E-state index >= 15 is 0 Å². The van der Waals surface area contributed by atoms with Gasteiger partial charge in [-0.25, -0.2) is 4.68 Å². The van der Waals surface area contributed by atoms with Crippen LogP contribution in [0.5, 0.6) is 0 Å². The summed E-state index contributed by atoms with van der Waals surface area (Å²) in [7, 11) is 0. The van der Waals surface area contributed by atoms with E-state index < -0.39 is 0 Å². The zero-order valence-electron chi connectivity index (χ0n) is 12.9. The average molecular weight is 342 g/mol. The number of hydrogen-bond donors (Lipinski definition) is 1. The number of carbonyl (C=O) groups excluding carboxylic acids is 1. The van der Waals surface area contributed by atoms with E-state index in [-0.39, 0.29) is 18.0 Å². The molecule has 0 bridgehead atoms. The molecular formula is C18H16ClN3O2. The first-order valence-corrected chi connectivity index (χ1v) is 7.97. The van der Waals surface area contributed by atoms with Crippen molar-refractivity contribution in [1.82, 2.24) is 15.1 Å². The fraction of sp³-hybridized carbons (Fsp3) is 0.167. The van der Waals surface area contributed by atoms with E-state index in [1.165, 1.54) is 4.68 Å². The lowest BCUT2D eigenvalue weighted by atomic mass is 10.1. The molecule has 0 aliphatic carbocycles. The summed E-state index contributed by atoms with van der Waals surface area (Å²) in [5.41, 5.74) is 0.780. The molecule has 0 atom stereocenters. The van der Waals surface area contributed by atoms with Crippen molar-refractivity contribution >= 4 is 28.3 Å². The van der Waals surface area contributed by atoms with Gasteiger partial charge in [-0.15, -0.1) is 0 Å². The van der Waals surface area contributed by atoms with Crippen LogP contribution in [-0.4, -0.2) is 22.2 Å². The molecule has 1 aromatic heterocycles. The monoisotopic (exact) mass is 341 g/mol. The molecule has 0 saturated carbocycles. The van der Waals surface area contributed by atoms with Gasteiger partial charge in [0.2, 0.25) is 5.91 Å². The van der Waals surface area contributed by atoms with Crippen molar-refractivity contribution in [2.75, 3.05) is 6.54 Å². The van der Waals surface area contributed by atoms with Gasteiger partial charge in [0.05, 0.1) is 11.6 Å². The number of carbonyl (C=O) groups is 1. The quantitative estimate of drug-likeness (QED) is 0.775. The molecular weight excluding hydrogens is 326 g/mol. The lowest BCUT2D eigenvalue weighted by Gasteiger charge is -2.08. The third-order valence-electron chi connectivity index (χ3n) is 3.68. The molecule has 3 rings (SSSR count). The highest BCUT2D eigenvalue weighted by molar-refractivity contribution is 6.30. The van der Waals surface area contributed by atoms with Gasteiger partial charge in [0.25, 0.3) is 5.56 Å². The van der Waals surface area contributed by atoms with Gasteiger partial charge < -0.3 is 5.32 Å². The van der Waals surface area contributed by atoms with Crippen molar-refractivity contribution < 1.29 is 4.79 Å². The van der Waals surface area contributed by atoms with Gasteiger partial charge in [0.15, 0.2) is 0 Å². The molecule has 24 heavy (non-hydrogen) atoms. The molecule has 1 N–H and O–H groups in total. The van der Waals surface area contributed by atoms with Crippen LogP contribution in [0.15, 0.2) is 59.5 Å². The van der Waals surface area contributed by atoms with Gasteiger partial charge in [-0.1, -0.05) is 41.9 Å². The zero-order valence-corrected chi connectivity index (χ0v) is 13.7. The zero-order chi connectivity index (χ0) is 16.9. The lowest BCUT2D eigenvalue weighted by Crippen LogP contribution is -2.34. The second-order valence-corrected chi connectivity index (χ2v) is 5.86. The Hall–Kier alpha value is -2.66. The van der Waals surface area contributed by atoms with Crippen LogP contribution in [0.3, 0.4) is 0 Å². The summed E-state index contributed by atoms with van der Waals surface area (Å²) in [4.78, 5) is 24.3. The number of rotatable bonds is 5. The van der Waals surface area contributed by atoms with E-state index in [0.717, 1.165) is 10.9 Å². The Morgan fingerprint density at radius 3 is 2.83 bits per heavy atom. The van der Waals surface area contributed by atoms with Crippen LogP contribution in [0.4, 0.5) is 0 Å². The van der Waals surface area contributed by atoms with Crippen molar-refractivity contribution in [2.45, 2.75) is 13.0 Å². The summed E-state index contributed by atoms with van der Waals surface area (Å²) in [6.45, 7) is 0.376. The number of aromatic nitrogens is 2. The maximum Gasteiger partial charge on any atom is 0.275 e. The smallest absolute Gasteiger partial charge is 0.275 e. The highest BCUT2D eigenvalue weighted by atomic mass is 35.5. The number of amides is 1.